The van der Waals surface area contributed by atoms with Gasteiger partial charge in [-0.2, -0.15) is 0 Å². The molecule has 0 amide bonds. The molecule has 0 heterocycles. The van der Waals surface area contributed by atoms with Crippen molar-refractivity contribution in [3.05, 3.63) is 12.2 Å². The van der Waals surface area contributed by atoms with Gasteiger partial charge in [-0.15, -0.1) is 0 Å². The summed E-state index contributed by atoms with van der Waals surface area (Å²) >= 11 is 0. The molecule has 2 saturated carbocycles. The van der Waals surface area contributed by atoms with Crippen molar-refractivity contribution in [1.29, 1.82) is 0 Å². The van der Waals surface area contributed by atoms with E-state index in [9.17, 15) is 4.79 Å². The summed E-state index contributed by atoms with van der Waals surface area (Å²) in [7, 11) is 0. The van der Waals surface area contributed by atoms with Crippen LogP contribution in [0.25, 0.3) is 0 Å². The molecule has 0 saturated heterocycles. The van der Waals surface area contributed by atoms with E-state index in [1.54, 1.807) is 0 Å². The predicted molar refractivity (Wildman–Crippen MR) is 68.5 cm³/mol. The molecule has 0 aromatic carbocycles. The van der Waals surface area contributed by atoms with Crippen LogP contribution in [0.3, 0.4) is 0 Å². The first-order chi connectivity index (χ1) is 7.92. The van der Waals surface area contributed by atoms with Crippen molar-refractivity contribution in [3.63, 3.8) is 0 Å². The van der Waals surface area contributed by atoms with Crippen molar-refractivity contribution in [2.24, 2.45) is 23.2 Å². The van der Waals surface area contributed by atoms with E-state index in [0.29, 0.717) is 17.3 Å². The lowest BCUT2D eigenvalue weighted by atomic mass is 9.89. The Morgan fingerprint density at radius 3 is 2.59 bits per heavy atom. The van der Waals surface area contributed by atoms with Gasteiger partial charge in [0.25, 0.3) is 0 Å². The zero-order valence-corrected chi connectivity index (χ0v) is 11.5. The van der Waals surface area contributed by atoms with Crippen LogP contribution in [0.4, 0.5) is 0 Å². The third kappa shape index (κ3) is 1.92. The molecule has 1 unspecified atom stereocenters. The highest BCUT2D eigenvalue weighted by Crippen LogP contribution is 2.69. The minimum atomic E-state index is -0.0566. The van der Waals surface area contributed by atoms with E-state index in [2.05, 4.69) is 20.4 Å². The van der Waals surface area contributed by atoms with Gasteiger partial charge in [0.1, 0.15) is 6.10 Å². The first-order valence-electron chi connectivity index (χ1n) is 6.81. The summed E-state index contributed by atoms with van der Waals surface area (Å²) in [5.74, 6) is 1.22. The van der Waals surface area contributed by atoms with Crippen LogP contribution in [0.15, 0.2) is 12.2 Å². The lowest BCUT2D eigenvalue weighted by Crippen LogP contribution is -2.24. The molecule has 4 atom stereocenters. The van der Waals surface area contributed by atoms with Gasteiger partial charge in [-0.25, -0.2) is 0 Å². The van der Waals surface area contributed by atoms with Gasteiger partial charge in [0.05, 0.1) is 5.92 Å². The fraction of sp³-hybridized carbons (Fsp3) is 0.800. The zero-order valence-electron chi connectivity index (χ0n) is 11.5. The Morgan fingerprint density at radius 2 is 2.12 bits per heavy atom. The molecule has 2 aliphatic carbocycles. The molecule has 17 heavy (non-hydrogen) atoms. The number of ether oxygens (including phenoxy) is 1. The van der Waals surface area contributed by atoms with E-state index in [-0.39, 0.29) is 18.0 Å². The Morgan fingerprint density at radius 1 is 1.47 bits per heavy atom. The number of fused-ring (bicyclic) bond motifs is 1. The highest BCUT2D eigenvalue weighted by Gasteiger charge is 2.64. The number of hydrogen-bond donors (Lipinski definition) is 0. The maximum atomic E-state index is 11.8. The van der Waals surface area contributed by atoms with Gasteiger partial charge in [-0.1, -0.05) is 34.3 Å². The fourth-order valence-electron chi connectivity index (χ4n) is 3.16. The predicted octanol–water partition coefficient (Wildman–Crippen LogP) is 3.57. The molecule has 0 spiro atoms. The molecule has 2 rings (SSSR count). The van der Waals surface area contributed by atoms with Gasteiger partial charge in [0, 0.05) is 0 Å². The highest BCUT2D eigenvalue weighted by molar-refractivity contribution is 5.72. The molecule has 0 aromatic heterocycles. The smallest absolute Gasteiger partial charge is 0.309 e. The average Bonchev–Trinajstić information content (AvgIpc) is 2.95. The lowest BCUT2D eigenvalue weighted by molar-refractivity contribution is -0.152. The molecular formula is C15H24O2. The third-order valence-electron chi connectivity index (χ3n) is 4.97. The lowest BCUT2D eigenvalue weighted by Gasteiger charge is -2.21. The molecule has 0 radical (unpaired) electrons. The van der Waals surface area contributed by atoms with Crippen LogP contribution in [0.1, 0.15) is 47.0 Å². The maximum absolute atomic E-state index is 11.8. The standard InChI is InChI=1S/C15H24O2/c1-6-10(4)14(16)17-13-8-15(9(2)3)7-12(15)11(13)5/h9-10,12-13H,5-8H2,1-4H3/t10?,12-,13-,15+/m0/s1. The largest absolute Gasteiger partial charge is 0.458 e. The number of carbonyl (C=O) groups is 1. The monoisotopic (exact) mass is 236 g/mol. The van der Waals surface area contributed by atoms with Crippen molar-refractivity contribution < 1.29 is 9.53 Å². The van der Waals surface area contributed by atoms with E-state index in [1.165, 1.54) is 6.42 Å². The van der Waals surface area contributed by atoms with Gasteiger partial charge in [-0.3, -0.25) is 4.79 Å². The third-order valence-corrected chi connectivity index (χ3v) is 4.97. The van der Waals surface area contributed by atoms with Crippen LogP contribution in [0, 0.1) is 23.2 Å². The van der Waals surface area contributed by atoms with Crippen LogP contribution in [0.5, 0.6) is 0 Å². The fourth-order valence-corrected chi connectivity index (χ4v) is 3.16. The summed E-state index contributed by atoms with van der Waals surface area (Å²) in [5, 5.41) is 0. The Labute approximate surface area is 104 Å². The number of carbonyl (C=O) groups excluding carboxylic acids is 1. The summed E-state index contributed by atoms with van der Waals surface area (Å²) in [6, 6.07) is 0. The summed E-state index contributed by atoms with van der Waals surface area (Å²) in [6.45, 7) is 12.6. The Bertz CT molecular complexity index is 345. The van der Waals surface area contributed by atoms with Gasteiger partial charge in [0.2, 0.25) is 0 Å². The van der Waals surface area contributed by atoms with Crippen molar-refractivity contribution >= 4 is 5.97 Å². The van der Waals surface area contributed by atoms with Gasteiger partial charge >= 0.3 is 5.97 Å². The molecular weight excluding hydrogens is 212 g/mol. The van der Waals surface area contributed by atoms with E-state index in [1.807, 2.05) is 13.8 Å². The molecule has 0 aromatic rings. The van der Waals surface area contributed by atoms with E-state index >= 15 is 0 Å². The van der Waals surface area contributed by atoms with Crippen molar-refractivity contribution in [3.8, 4) is 0 Å². The SMILES string of the molecule is C=C1[C@@H](OC(=O)C(C)CC)C[C@@]2(C(C)C)C[C@@H]12. The van der Waals surface area contributed by atoms with Gasteiger partial charge in [-0.05, 0) is 42.1 Å². The Hall–Kier alpha value is -0.790. The van der Waals surface area contributed by atoms with Crippen LogP contribution in [-0.4, -0.2) is 12.1 Å². The summed E-state index contributed by atoms with van der Waals surface area (Å²) in [5.41, 5.74) is 1.56. The van der Waals surface area contributed by atoms with E-state index in [4.69, 9.17) is 4.74 Å². The average molecular weight is 236 g/mol. The summed E-state index contributed by atoms with van der Waals surface area (Å²) < 4.78 is 5.61. The number of rotatable bonds is 4. The second-order valence-electron chi connectivity index (χ2n) is 6.16. The maximum Gasteiger partial charge on any atom is 0.309 e. The normalized spacial score (nSPS) is 36.9. The molecule has 0 bridgehead atoms. The van der Waals surface area contributed by atoms with Crippen LogP contribution in [-0.2, 0) is 9.53 Å². The van der Waals surface area contributed by atoms with Gasteiger partial charge in [0.15, 0.2) is 0 Å². The van der Waals surface area contributed by atoms with Crippen LogP contribution >= 0.6 is 0 Å². The van der Waals surface area contributed by atoms with Crippen LogP contribution in [0.2, 0.25) is 0 Å². The minimum absolute atomic E-state index is 0.00901. The molecule has 2 nitrogen and oxygen atoms in total. The van der Waals surface area contributed by atoms with E-state index in [0.717, 1.165) is 18.4 Å². The van der Waals surface area contributed by atoms with Crippen molar-refractivity contribution in [2.75, 3.05) is 0 Å². The second-order valence-corrected chi connectivity index (χ2v) is 6.16. The van der Waals surface area contributed by atoms with Crippen molar-refractivity contribution in [1.82, 2.24) is 0 Å². The van der Waals surface area contributed by atoms with Crippen LogP contribution < -0.4 is 0 Å². The number of hydrogen-bond acceptors (Lipinski definition) is 2. The topological polar surface area (TPSA) is 26.3 Å². The Kier molecular flexibility index (Phi) is 3.09. The summed E-state index contributed by atoms with van der Waals surface area (Å²) in [6.07, 6.45) is 3.08. The quantitative estimate of drug-likeness (QED) is 0.551. The molecule has 2 fully saturated rings. The molecule has 0 aliphatic heterocycles. The minimum Gasteiger partial charge on any atom is -0.458 e. The number of esters is 1. The van der Waals surface area contributed by atoms with Gasteiger partial charge < -0.3 is 4.74 Å². The van der Waals surface area contributed by atoms with Crippen molar-refractivity contribution in [2.45, 2.75) is 53.1 Å². The second kappa shape index (κ2) is 4.15. The molecule has 96 valence electrons. The molecule has 2 aliphatic rings. The first-order valence-corrected chi connectivity index (χ1v) is 6.81. The highest BCUT2D eigenvalue weighted by atomic mass is 16.5. The Balaban J connectivity index is 1.97. The molecule has 2 heteroatoms. The summed E-state index contributed by atoms with van der Waals surface area (Å²) in [4.78, 5) is 11.8. The first kappa shape index (κ1) is 12.7. The van der Waals surface area contributed by atoms with E-state index < -0.39 is 0 Å². The molecule has 0 N–H and O–H groups in total. The zero-order chi connectivity index (χ0) is 12.8.